The minimum absolute atomic E-state index is 0.00452. The van der Waals surface area contributed by atoms with Crippen molar-refractivity contribution < 1.29 is 4.79 Å². The smallest absolute Gasteiger partial charge is 0.171 e. The van der Waals surface area contributed by atoms with Gasteiger partial charge in [-0.25, -0.2) is 0 Å². The zero-order valence-corrected chi connectivity index (χ0v) is 13.3. The Morgan fingerprint density at radius 1 is 1.55 bits per heavy atom. The van der Waals surface area contributed by atoms with E-state index in [-0.39, 0.29) is 11.8 Å². The van der Waals surface area contributed by atoms with Gasteiger partial charge in [-0.05, 0) is 24.8 Å². The Labute approximate surface area is 126 Å². The summed E-state index contributed by atoms with van der Waals surface area (Å²) in [7, 11) is 0. The van der Waals surface area contributed by atoms with Crippen molar-refractivity contribution in [1.82, 2.24) is 4.98 Å². The van der Waals surface area contributed by atoms with Crippen molar-refractivity contribution in [1.29, 1.82) is 0 Å². The number of anilines is 2. The first-order valence-corrected chi connectivity index (χ1v) is 8.22. The van der Waals surface area contributed by atoms with Crippen molar-refractivity contribution in [3.63, 3.8) is 0 Å². The maximum Gasteiger partial charge on any atom is 0.171 e. The van der Waals surface area contributed by atoms with Crippen LogP contribution < -0.4 is 11.1 Å². The van der Waals surface area contributed by atoms with Crippen molar-refractivity contribution in [2.45, 2.75) is 24.8 Å². The maximum absolute atomic E-state index is 11.6. The lowest BCUT2D eigenvalue weighted by Crippen LogP contribution is -2.06. The molecule has 0 aliphatic carbocycles. The Hall–Kier alpha value is -1.53. The van der Waals surface area contributed by atoms with E-state index in [1.807, 2.05) is 24.6 Å². The van der Waals surface area contributed by atoms with Crippen LogP contribution in [0.5, 0.6) is 0 Å². The van der Waals surface area contributed by atoms with E-state index in [1.165, 1.54) is 11.3 Å². The molecular weight excluding hydrogens is 290 g/mol. The second-order valence-electron chi connectivity index (χ2n) is 4.42. The second-order valence-corrected chi connectivity index (χ2v) is 6.25. The van der Waals surface area contributed by atoms with E-state index >= 15 is 0 Å². The Morgan fingerprint density at radius 3 is 2.85 bits per heavy atom. The lowest BCUT2D eigenvalue weighted by atomic mass is 10.1. The highest BCUT2D eigenvalue weighted by atomic mass is 32.2. The SMILES string of the molecule is CSc1c(NC(C)c2cccnc2)sc(C(C)=O)c1N. The van der Waals surface area contributed by atoms with Crippen molar-refractivity contribution in [3.05, 3.63) is 35.0 Å². The molecule has 6 heteroatoms. The molecule has 4 nitrogen and oxygen atoms in total. The summed E-state index contributed by atoms with van der Waals surface area (Å²) in [5, 5.41) is 4.36. The zero-order chi connectivity index (χ0) is 14.7. The summed E-state index contributed by atoms with van der Waals surface area (Å²) in [5.74, 6) is 0.00452. The first-order valence-electron chi connectivity index (χ1n) is 6.18. The number of hydrogen-bond donors (Lipinski definition) is 2. The largest absolute Gasteiger partial charge is 0.396 e. The van der Waals surface area contributed by atoms with Crippen LogP contribution in [0.4, 0.5) is 10.7 Å². The van der Waals surface area contributed by atoms with Crippen molar-refractivity contribution >= 4 is 39.6 Å². The molecule has 2 aromatic rings. The molecule has 0 saturated heterocycles. The first-order chi connectivity index (χ1) is 9.54. The molecule has 1 atom stereocenters. The highest BCUT2D eigenvalue weighted by molar-refractivity contribution is 7.99. The highest BCUT2D eigenvalue weighted by Gasteiger charge is 2.19. The van der Waals surface area contributed by atoms with Gasteiger partial charge in [-0.15, -0.1) is 23.1 Å². The van der Waals surface area contributed by atoms with Gasteiger partial charge in [0.05, 0.1) is 21.5 Å². The lowest BCUT2D eigenvalue weighted by Gasteiger charge is -2.14. The number of thioether (sulfide) groups is 1. The zero-order valence-electron chi connectivity index (χ0n) is 11.6. The fraction of sp³-hybridized carbons (Fsp3) is 0.286. The molecule has 2 rings (SSSR count). The normalized spacial score (nSPS) is 12.2. The Balaban J connectivity index is 2.29. The number of thiophene rings is 1. The lowest BCUT2D eigenvalue weighted by molar-refractivity contribution is 0.102. The van der Waals surface area contributed by atoms with Gasteiger partial charge in [0.25, 0.3) is 0 Å². The number of nitrogen functional groups attached to an aromatic ring is 1. The predicted octanol–water partition coefficient (Wildman–Crippen LogP) is 3.82. The van der Waals surface area contributed by atoms with Crippen LogP contribution in [-0.2, 0) is 0 Å². The molecule has 0 amide bonds. The number of carbonyl (C=O) groups is 1. The van der Waals surface area contributed by atoms with E-state index in [0.29, 0.717) is 10.6 Å². The summed E-state index contributed by atoms with van der Waals surface area (Å²) < 4.78 is 0. The number of nitrogens with zero attached hydrogens (tertiary/aromatic N) is 1. The van der Waals surface area contributed by atoms with Crippen LogP contribution in [0.15, 0.2) is 29.4 Å². The number of nitrogens with one attached hydrogen (secondary N) is 1. The van der Waals surface area contributed by atoms with Crippen LogP contribution in [0.3, 0.4) is 0 Å². The van der Waals surface area contributed by atoms with Gasteiger partial charge in [-0.2, -0.15) is 0 Å². The molecule has 0 fully saturated rings. The molecule has 0 radical (unpaired) electrons. The minimum atomic E-state index is 0.00452. The molecule has 0 spiro atoms. The van der Waals surface area contributed by atoms with Crippen LogP contribution in [0.25, 0.3) is 0 Å². The first kappa shape index (κ1) is 14.9. The summed E-state index contributed by atoms with van der Waals surface area (Å²) >= 11 is 2.97. The predicted molar refractivity (Wildman–Crippen MR) is 86.8 cm³/mol. The molecule has 2 heterocycles. The van der Waals surface area contributed by atoms with Gasteiger partial charge in [-0.3, -0.25) is 9.78 Å². The standard InChI is InChI=1S/C14H17N3OS2/c1-8(10-5-4-6-16-7-10)17-14-13(19-3)11(15)12(20-14)9(2)18/h4-8,17H,15H2,1-3H3. The van der Waals surface area contributed by atoms with Crippen LogP contribution in [0, 0.1) is 0 Å². The summed E-state index contributed by atoms with van der Waals surface area (Å²) in [4.78, 5) is 17.3. The Kier molecular flexibility index (Phi) is 4.67. The van der Waals surface area contributed by atoms with Gasteiger partial charge >= 0.3 is 0 Å². The minimum Gasteiger partial charge on any atom is -0.396 e. The number of aromatic nitrogens is 1. The van der Waals surface area contributed by atoms with Crippen LogP contribution >= 0.6 is 23.1 Å². The van der Waals surface area contributed by atoms with Gasteiger partial charge in [-0.1, -0.05) is 6.07 Å². The number of Topliss-reactive ketones (excluding diaryl/α,β-unsaturated/α-hetero) is 1. The number of carbonyl (C=O) groups excluding carboxylic acids is 1. The van der Waals surface area contributed by atoms with Crippen LogP contribution in [-0.4, -0.2) is 17.0 Å². The highest BCUT2D eigenvalue weighted by Crippen LogP contribution is 2.43. The third-order valence-electron chi connectivity index (χ3n) is 2.96. The van der Waals surface area contributed by atoms with Crippen molar-refractivity contribution in [3.8, 4) is 0 Å². The molecule has 3 N–H and O–H groups in total. The van der Waals surface area contributed by atoms with Gasteiger partial charge in [0, 0.05) is 19.3 Å². The van der Waals surface area contributed by atoms with Gasteiger partial charge in [0.2, 0.25) is 0 Å². The molecule has 2 aromatic heterocycles. The molecule has 0 aliphatic heterocycles. The second kappa shape index (κ2) is 6.28. The van der Waals surface area contributed by atoms with E-state index in [2.05, 4.69) is 17.2 Å². The third kappa shape index (κ3) is 2.96. The molecule has 0 bridgehead atoms. The van der Waals surface area contributed by atoms with Gasteiger partial charge in [0.1, 0.15) is 5.00 Å². The monoisotopic (exact) mass is 307 g/mol. The van der Waals surface area contributed by atoms with Crippen molar-refractivity contribution in [2.75, 3.05) is 17.3 Å². The van der Waals surface area contributed by atoms with E-state index < -0.39 is 0 Å². The quantitative estimate of drug-likeness (QED) is 0.649. The van der Waals surface area contributed by atoms with E-state index in [4.69, 9.17) is 5.73 Å². The fourth-order valence-electron chi connectivity index (χ4n) is 1.90. The summed E-state index contributed by atoms with van der Waals surface area (Å²) in [5.41, 5.74) is 7.72. The maximum atomic E-state index is 11.6. The Morgan fingerprint density at radius 2 is 2.30 bits per heavy atom. The average molecular weight is 307 g/mol. The Bertz CT molecular complexity index is 610. The molecule has 0 saturated carbocycles. The van der Waals surface area contributed by atoms with Gasteiger partial charge < -0.3 is 11.1 Å². The molecule has 106 valence electrons. The van der Waals surface area contributed by atoms with E-state index in [0.717, 1.165) is 15.5 Å². The summed E-state index contributed by atoms with van der Waals surface area (Å²) in [6.07, 6.45) is 5.54. The summed E-state index contributed by atoms with van der Waals surface area (Å²) in [6, 6.07) is 4.03. The topological polar surface area (TPSA) is 68.0 Å². The molecule has 0 aliphatic rings. The number of rotatable bonds is 5. The van der Waals surface area contributed by atoms with Crippen LogP contribution in [0.1, 0.15) is 35.1 Å². The third-order valence-corrected chi connectivity index (χ3v) is 5.15. The average Bonchev–Trinajstić information content (AvgIpc) is 2.76. The molecule has 0 aromatic carbocycles. The number of pyridine rings is 1. The van der Waals surface area contributed by atoms with E-state index in [9.17, 15) is 4.79 Å². The number of hydrogen-bond acceptors (Lipinski definition) is 6. The molecular formula is C14H17N3OS2. The summed E-state index contributed by atoms with van der Waals surface area (Å²) in [6.45, 7) is 3.60. The molecule has 20 heavy (non-hydrogen) atoms. The fourth-order valence-corrected chi connectivity index (χ4v) is 3.90. The van der Waals surface area contributed by atoms with Crippen molar-refractivity contribution in [2.24, 2.45) is 0 Å². The number of nitrogens with two attached hydrogens (primary N) is 1. The van der Waals surface area contributed by atoms with E-state index in [1.54, 1.807) is 24.9 Å². The molecule has 1 unspecified atom stereocenters. The number of ketones is 1. The van der Waals surface area contributed by atoms with Crippen LogP contribution in [0.2, 0.25) is 0 Å². The van der Waals surface area contributed by atoms with Gasteiger partial charge in [0.15, 0.2) is 5.78 Å².